The van der Waals surface area contributed by atoms with Crippen LogP contribution in [-0.4, -0.2) is 24.1 Å². The first-order chi connectivity index (χ1) is 10.2. The van der Waals surface area contributed by atoms with Gasteiger partial charge in [-0.25, -0.2) is 0 Å². The highest BCUT2D eigenvalue weighted by atomic mass is 16.3. The van der Waals surface area contributed by atoms with Gasteiger partial charge in [-0.3, -0.25) is 4.79 Å². The SMILES string of the molecule is [N-]=[N+]=NCC1CC(=O)N(c2cccc3ccc(O)cc23)C1. The number of aromatic hydroxyl groups is 1. The van der Waals surface area contributed by atoms with E-state index in [2.05, 4.69) is 10.0 Å². The summed E-state index contributed by atoms with van der Waals surface area (Å²) in [6.07, 6.45) is 0.383. The van der Waals surface area contributed by atoms with E-state index in [0.717, 1.165) is 16.5 Å². The maximum absolute atomic E-state index is 12.2. The molecule has 1 atom stereocenters. The zero-order valence-electron chi connectivity index (χ0n) is 11.3. The molecular weight excluding hydrogens is 268 g/mol. The third-order valence-corrected chi connectivity index (χ3v) is 3.74. The van der Waals surface area contributed by atoms with E-state index in [1.54, 1.807) is 17.0 Å². The number of azide groups is 1. The summed E-state index contributed by atoms with van der Waals surface area (Å²) in [6.45, 7) is 0.862. The van der Waals surface area contributed by atoms with Gasteiger partial charge in [0.2, 0.25) is 5.91 Å². The van der Waals surface area contributed by atoms with Crippen LogP contribution >= 0.6 is 0 Å². The van der Waals surface area contributed by atoms with Crippen molar-refractivity contribution in [3.8, 4) is 5.75 Å². The molecule has 0 aromatic heterocycles. The Hall–Kier alpha value is -2.72. The lowest BCUT2D eigenvalue weighted by Gasteiger charge is -2.19. The van der Waals surface area contributed by atoms with Crippen LogP contribution in [-0.2, 0) is 4.79 Å². The number of phenolic OH excluding ortho intramolecular Hbond substituents is 1. The summed E-state index contributed by atoms with van der Waals surface area (Å²) in [4.78, 5) is 16.7. The van der Waals surface area contributed by atoms with Crippen LogP contribution < -0.4 is 4.90 Å². The Morgan fingerprint density at radius 2 is 2.24 bits per heavy atom. The van der Waals surface area contributed by atoms with Gasteiger partial charge in [0.25, 0.3) is 0 Å². The van der Waals surface area contributed by atoms with E-state index >= 15 is 0 Å². The van der Waals surface area contributed by atoms with Gasteiger partial charge in [-0.2, -0.15) is 0 Å². The summed E-state index contributed by atoms with van der Waals surface area (Å²) in [5.41, 5.74) is 9.17. The predicted molar refractivity (Wildman–Crippen MR) is 80.1 cm³/mol. The predicted octanol–water partition coefficient (Wildman–Crippen LogP) is 3.21. The zero-order chi connectivity index (χ0) is 14.8. The maximum atomic E-state index is 12.2. The normalized spacial score (nSPS) is 18.0. The molecule has 0 spiro atoms. The van der Waals surface area contributed by atoms with Gasteiger partial charge in [0.1, 0.15) is 5.75 Å². The second kappa shape index (κ2) is 5.34. The molecule has 1 unspecified atom stereocenters. The Morgan fingerprint density at radius 1 is 1.38 bits per heavy atom. The van der Waals surface area contributed by atoms with Crippen molar-refractivity contribution in [1.82, 2.24) is 0 Å². The van der Waals surface area contributed by atoms with Crippen molar-refractivity contribution in [2.75, 3.05) is 18.0 Å². The number of hydrogen-bond donors (Lipinski definition) is 1. The van der Waals surface area contributed by atoms with Gasteiger partial charge in [0.05, 0.1) is 5.69 Å². The molecule has 6 nitrogen and oxygen atoms in total. The van der Waals surface area contributed by atoms with E-state index in [1.165, 1.54) is 0 Å². The number of rotatable bonds is 3. The molecule has 0 saturated carbocycles. The Balaban J connectivity index is 1.99. The summed E-state index contributed by atoms with van der Waals surface area (Å²) in [6, 6.07) is 10.8. The lowest BCUT2D eigenvalue weighted by Crippen LogP contribution is -2.24. The fourth-order valence-electron chi connectivity index (χ4n) is 2.77. The number of carbonyl (C=O) groups excluding carboxylic acids is 1. The number of carbonyl (C=O) groups is 1. The smallest absolute Gasteiger partial charge is 0.227 e. The van der Waals surface area contributed by atoms with Crippen LogP contribution in [0, 0.1) is 5.92 Å². The Morgan fingerprint density at radius 3 is 3.05 bits per heavy atom. The van der Waals surface area contributed by atoms with Gasteiger partial charge in [0, 0.05) is 29.8 Å². The number of amides is 1. The summed E-state index contributed by atoms with van der Waals surface area (Å²) in [7, 11) is 0. The molecule has 2 aromatic rings. The average Bonchev–Trinajstić information content (AvgIpc) is 2.85. The number of hydrogen-bond acceptors (Lipinski definition) is 3. The highest BCUT2D eigenvalue weighted by Crippen LogP contribution is 2.33. The van der Waals surface area contributed by atoms with E-state index in [0.29, 0.717) is 19.5 Å². The minimum absolute atomic E-state index is 0.0176. The van der Waals surface area contributed by atoms with E-state index in [1.807, 2.05) is 24.3 Å². The van der Waals surface area contributed by atoms with E-state index in [4.69, 9.17) is 5.53 Å². The monoisotopic (exact) mass is 282 g/mol. The molecule has 3 rings (SSSR count). The fraction of sp³-hybridized carbons (Fsp3) is 0.267. The van der Waals surface area contributed by atoms with Crippen molar-refractivity contribution in [3.63, 3.8) is 0 Å². The van der Waals surface area contributed by atoms with Crippen LogP contribution in [0.4, 0.5) is 5.69 Å². The standard InChI is InChI=1S/C15H14N4O2/c16-18-17-8-10-6-15(21)19(9-10)14-3-1-2-11-4-5-12(20)7-13(11)14/h1-5,7,10,20H,6,8-9H2. The molecule has 106 valence electrons. The largest absolute Gasteiger partial charge is 0.508 e. The molecule has 1 saturated heterocycles. The zero-order valence-corrected chi connectivity index (χ0v) is 11.3. The highest BCUT2D eigenvalue weighted by molar-refractivity contribution is 6.05. The summed E-state index contributed by atoms with van der Waals surface area (Å²) >= 11 is 0. The van der Waals surface area contributed by atoms with Crippen molar-refractivity contribution in [3.05, 3.63) is 46.8 Å². The van der Waals surface area contributed by atoms with E-state index in [9.17, 15) is 9.90 Å². The third-order valence-electron chi connectivity index (χ3n) is 3.74. The van der Waals surface area contributed by atoms with Gasteiger partial charge < -0.3 is 10.0 Å². The van der Waals surface area contributed by atoms with Crippen LogP contribution in [0.15, 0.2) is 41.5 Å². The molecule has 21 heavy (non-hydrogen) atoms. The molecule has 0 bridgehead atoms. The maximum Gasteiger partial charge on any atom is 0.227 e. The molecule has 1 aliphatic rings. The minimum Gasteiger partial charge on any atom is -0.508 e. The van der Waals surface area contributed by atoms with E-state index < -0.39 is 0 Å². The number of anilines is 1. The third kappa shape index (κ3) is 2.49. The average molecular weight is 282 g/mol. The summed E-state index contributed by atoms with van der Waals surface area (Å²) in [5, 5.41) is 15.0. The molecular formula is C15H14N4O2. The molecule has 6 heteroatoms. The lowest BCUT2D eigenvalue weighted by molar-refractivity contribution is -0.117. The van der Waals surface area contributed by atoms with Crippen molar-refractivity contribution < 1.29 is 9.90 Å². The molecule has 1 N–H and O–H groups in total. The van der Waals surface area contributed by atoms with Crippen LogP contribution in [0.5, 0.6) is 5.75 Å². The summed E-state index contributed by atoms with van der Waals surface area (Å²) in [5.74, 6) is 0.233. The van der Waals surface area contributed by atoms with Gasteiger partial charge in [-0.15, -0.1) is 0 Å². The Labute approximate surface area is 121 Å². The molecule has 0 radical (unpaired) electrons. The van der Waals surface area contributed by atoms with E-state index in [-0.39, 0.29) is 17.6 Å². The molecule has 1 heterocycles. The summed E-state index contributed by atoms with van der Waals surface area (Å²) < 4.78 is 0. The van der Waals surface area contributed by atoms with Crippen molar-refractivity contribution in [2.24, 2.45) is 11.0 Å². The first-order valence-corrected chi connectivity index (χ1v) is 6.72. The molecule has 1 fully saturated rings. The highest BCUT2D eigenvalue weighted by Gasteiger charge is 2.30. The van der Waals surface area contributed by atoms with Crippen LogP contribution in [0.1, 0.15) is 6.42 Å². The number of fused-ring (bicyclic) bond motifs is 1. The quantitative estimate of drug-likeness (QED) is 0.532. The topological polar surface area (TPSA) is 89.3 Å². The second-order valence-electron chi connectivity index (χ2n) is 5.17. The fourth-order valence-corrected chi connectivity index (χ4v) is 2.77. The van der Waals surface area contributed by atoms with Crippen molar-refractivity contribution in [1.29, 1.82) is 0 Å². The van der Waals surface area contributed by atoms with Gasteiger partial charge >= 0.3 is 0 Å². The first-order valence-electron chi connectivity index (χ1n) is 6.72. The van der Waals surface area contributed by atoms with Crippen LogP contribution in [0.3, 0.4) is 0 Å². The molecule has 1 amide bonds. The van der Waals surface area contributed by atoms with Crippen molar-refractivity contribution in [2.45, 2.75) is 6.42 Å². The number of benzene rings is 2. The molecule has 2 aromatic carbocycles. The number of phenols is 1. The van der Waals surface area contributed by atoms with Crippen LogP contribution in [0.2, 0.25) is 0 Å². The first kappa shape index (κ1) is 13.3. The van der Waals surface area contributed by atoms with Crippen LogP contribution in [0.25, 0.3) is 21.2 Å². The lowest BCUT2D eigenvalue weighted by atomic mass is 10.1. The molecule has 1 aliphatic heterocycles. The van der Waals surface area contributed by atoms with Gasteiger partial charge in [-0.1, -0.05) is 23.3 Å². The Kier molecular flexibility index (Phi) is 3.38. The van der Waals surface area contributed by atoms with Gasteiger partial charge in [0.15, 0.2) is 0 Å². The Bertz CT molecular complexity index is 752. The minimum atomic E-state index is 0.0176. The van der Waals surface area contributed by atoms with Crippen molar-refractivity contribution >= 4 is 22.4 Å². The number of nitrogens with zero attached hydrogens (tertiary/aromatic N) is 4. The molecule has 0 aliphatic carbocycles. The van der Waals surface area contributed by atoms with Gasteiger partial charge in [-0.05, 0) is 35.0 Å². The second-order valence-corrected chi connectivity index (χ2v) is 5.17.